The molecular weight excluding hydrogens is 234 g/mol. The van der Waals surface area contributed by atoms with Crippen molar-refractivity contribution in [2.24, 2.45) is 5.92 Å². The molecule has 0 N–H and O–H groups in total. The molecule has 0 bridgehead atoms. The van der Waals surface area contributed by atoms with Gasteiger partial charge < -0.3 is 4.90 Å². The summed E-state index contributed by atoms with van der Waals surface area (Å²) in [5.41, 5.74) is 0. The van der Waals surface area contributed by atoms with Crippen molar-refractivity contribution in [1.29, 1.82) is 0 Å². The largest absolute Gasteiger partial charge is 0.339 e. The average Bonchev–Trinajstić information content (AvgIpc) is 3.18. The number of alkyl halides is 1. The quantitative estimate of drug-likeness (QED) is 0.666. The maximum absolute atomic E-state index is 12.1. The highest BCUT2D eigenvalue weighted by Crippen LogP contribution is 2.31. The highest BCUT2D eigenvalue weighted by atomic mass is 35.5. The number of rotatable bonds is 6. The minimum Gasteiger partial charge on any atom is -0.339 e. The Morgan fingerprint density at radius 2 is 1.82 bits per heavy atom. The first-order valence-corrected chi connectivity index (χ1v) is 7.70. The van der Waals surface area contributed by atoms with Crippen LogP contribution in [0.5, 0.6) is 0 Å². The third-order valence-electron chi connectivity index (χ3n) is 4.01. The van der Waals surface area contributed by atoms with Crippen molar-refractivity contribution < 1.29 is 4.79 Å². The summed E-state index contributed by atoms with van der Waals surface area (Å²) in [4.78, 5) is 14.3. The molecule has 17 heavy (non-hydrogen) atoms. The molecule has 2 saturated carbocycles. The van der Waals surface area contributed by atoms with Gasteiger partial charge >= 0.3 is 0 Å². The fourth-order valence-corrected chi connectivity index (χ4v) is 2.98. The third kappa shape index (κ3) is 4.17. The van der Waals surface area contributed by atoms with E-state index in [1.807, 2.05) is 0 Å². The van der Waals surface area contributed by atoms with Gasteiger partial charge in [-0.3, -0.25) is 4.79 Å². The van der Waals surface area contributed by atoms with Crippen LogP contribution < -0.4 is 0 Å². The van der Waals surface area contributed by atoms with Gasteiger partial charge in [-0.05, 0) is 38.0 Å². The molecule has 98 valence electrons. The normalized spacial score (nSPS) is 21.5. The number of carbonyl (C=O) groups excluding carboxylic acids is 1. The average molecular weight is 258 g/mol. The van der Waals surface area contributed by atoms with E-state index in [1.54, 1.807) is 0 Å². The van der Waals surface area contributed by atoms with Crippen molar-refractivity contribution in [3.05, 3.63) is 0 Å². The van der Waals surface area contributed by atoms with Gasteiger partial charge in [-0.1, -0.05) is 19.3 Å². The molecule has 3 heteroatoms. The van der Waals surface area contributed by atoms with E-state index < -0.39 is 0 Å². The number of hydrogen-bond donors (Lipinski definition) is 0. The summed E-state index contributed by atoms with van der Waals surface area (Å²) in [6.07, 6.45) is 10.7. The zero-order valence-corrected chi connectivity index (χ0v) is 11.4. The molecule has 2 aliphatic rings. The first kappa shape index (κ1) is 13.2. The number of nitrogens with zero attached hydrogens (tertiary/aromatic N) is 1. The highest BCUT2D eigenvalue weighted by Gasteiger charge is 2.33. The minimum atomic E-state index is 0.346. The third-order valence-corrected chi connectivity index (χ3v) is 4.28. The van der Waals surface area contributed by atoms with Crippen molar-refractivity contribution in [2.45, 2.75) is 63.8 Å². The van der Waals surface area contributed by atoms with Crippen LogP contribution in [-0.4, -0.2) is 29.3 Å². The van der Waals surface area contributed by atoms with Crippen LogP contribution in [0.25, 0.3) is 0 Å². The second kappa shape index (κ2) is 6.63. The Morgan fingerprint density at radius 3 is 2.41 bits per heavy atom. The topological polar surface area (TPSA) is 20.3 Å². The van der Waals surface area contributed by atoms with E-state index in [2.05, 4.69) is 4.90 Å². The fourth-order valence-electron chi connectivity index (χ4n) is 2.85. The van der Waals surface area contributed by atoms with E-state index in [1.165, 1.54) is 44.9 Å². The molecule has 0 aliphatic heterocycles. The molecule has 2 rings (SSSR count). The van der Waals surface area contributed by atoms with E-state index >= 15 is 0 Å². The zero-order chi connectivity index (χ0) is 12.1. The predicted octanol–water partition coefficient (Wildman–Crippen LogP) is 3.58. The van der Waals surface area contributed by atoms with Crippen LogP contribution >= 0.6 is 11.6 Å². The maximum atomic E-state index is 12.1. The molecule has 2 aliphatic carbocycles. The number of amides is 1. The lowest BCUT2D eigenvalue weighted by atomic mass is 9.89. The standard InChI is InChI=1S/C14H24ClNO/c15-10-4-7-14(17)16(13-8-9-13)11-12-5-2-1-3-6-12/h12-13H,1-11H2. The lowest BCUT2D eigenvalue weighted by Gasteiger charge is -2.30. The van der Waals surface area contributed by atoms with E-state index in [-0.39, 0.29) is 0 Å². The Labute approximate surface area is 110 Å². The summed E-state index contributed by atoms with van der Waals surface area (Å²) in [6, 6.07) is 0.569. The van der Waals surface area contributed by atoms with Crippen molar-refractivity contribution in [3.8, 4) is 0 Å². The molecule has 0 aromatic carbocycles. The summed E-state index contributed by atoms with van der Waals surface area (Å²) >= 11 is 5.67. The van der Waals surface area contributed by atoms with Gasteiger partial charge in [0.05, 0.1) is 0 Å². The molecule has 1 amide bonds. The van der Waals surface area contributed by atoms with Gasteiger partial charge in [0.15, 0.2) is 0 Å². The monoisotopic (exact) mass is 257 g/mol. The van der Waals surface area contributed by atoms with Crippen LogP contribution in [0.2, 0.25) is 0 Å². The molecule has 2 fully saturated rings. The van der Waals surface area contributed by atoms with Crippen LogP contribution in [0.1, 0.15) is 57.8 Å². The van der Waals surface area contributed by atoms with E-state index in [4.69, 9.17) is 11.6 Å². The number of halogens is 1. The molecular formula is C14H24ClNO. The Hall–Kier alpha value is -0.240. The Bertz CT molecular complexity index is 247. The van der Waals surface area contributed by atoms with Crippen LogP contribution in [0, 0.1) is 5.92 Å². The van der Waals surface area contributed by atoms with E-state index in [0.29, 0.717) is 24.2 Å². The molecule has 0 unspecified atom stereocenters. The minimum absolute atomic E-state index is 0.346. The van der Waals surface area contributed by atoms with Gasteiger partial charge in [-0.25, -0.2) is 0 Å². The van der Waals surface area contributed by atoms with Gasteiger partial charge in [-0.15, -0.1) is 11.6 Å². The second-order valence-electron chi connectivity index (χ2n) is 5.57. The highest BCUT2D eigenvalue weighted by molar-refractivity contribution is 6.17. The van der Waals surface area contributed by atoms with Crippen molar-refractivity contribution in [3.63, 3.8) is 0 Å². The molecule has 0 aromatic heterocycles. The summed E-state index contributed by atoms with van der Waals surface area (Å²) in [6.45, 7) is 1.02. The van der Waals surface area contributed by atoms with Gasteiger partial charge in [0.1, 0.15) is 0 Å². The first-order valence-electron chi connectivity index (χ1n) is 7.16. The molecule has 0 heterocycles. The zero-order valence-electron chi connectivity index (χ0n) is 10.7. The smallest absolute Gasteiger partial charge is 0.222 e. The van der Waals surface area contributed by atoms with Gasteiger partial charge in [0.2, 0.25) is 5.91 Å². The molecule has 0 saturated heterocycles. The van der Waals surface area contributed by atoms with Crippen molar-refractivity contribution in [1.82, 2.24) is 4.90 Å². The van der Waals surface area contributed by atoms with Crippen LogP contribution in [0.15, 0.2) is 0 Å². The van der Waals surface area contributed by atoms with Crippen LogP contribution in [0.3, 0.4) is 0 Å². The van der Waals surface area contributed by atoms with Crippen LogP contribution in [-0.2, 0) is 4.79 Å². The van der Waals surface area contributed by atoms with Gasteiger partial charge in [-0.2, -0.15) is 0 Å². The summed E-state index contributed by atoms with van der Waals surface area (Å²) < 4.78 is 0. The summed E-state index contributed by atoms with van der Waals surface area (Å²) in [7, 11) is 0. The van der Waals surface area contributed by atoms with Gasteiger partial charge in [0, 0.05) is 24.9 Å². The lowest BCUT2D eigenvalue weighted by molar-refractivity contribution is -0.132. The Morgan fingerprint density at radius 1 is 1.12 bits per heavy atom. The SMILES string of the molecule is O=C(CCCCl)N(CC1CCCCC1)C1CC1. The molecule has 0 atom stereocenters. The van der Waals surface area contributed by atoms with Gasteiger partial charge in [0.25, 0.3) is 0 Å². The molecule has 0 spiro atoms. The predicted molar refractivity (Wildman–Crippen MR) is 71.3 cm³/mol. The molecule has 2 nitrogen and oxygen atoms in total. The van der Waals surface area contributed by atoms with E-state index in [0.717, 1.165) is 18.9 Å². The van der Waals surface area contributed by atoms with Crippen molar-refractivity contribution >= 4 is 17.5 Å². The summed E-state index contributed by atoms with van der Waals surface area (Å²) in [5.74, 6) is 1.72. The first-order chi connectivity index (χ1) is 8.31. The summed E-state index contributed by atoms with van der Waals surface area (Å²) in [5, 5.41) is 0. The van der Waals surface area contributed by atoms with E-state index in [9.17, 15) is 4.79 Å². The number of carbonyl (C=O) groups is 1. The fraction of sp³-hybridized carbons (Fsp3) is 0.929. The van der Waals surface area contributed by atoms with Crippen molar-refractivity contribution in [2.75, 3.05) is 12.4 Å². The number of hydrogen-bond acceptors (Lipinski definition) is 1. The Kier molecular flexibility index (Phi) is 5.15. The second-order valence-corrected chi connectivity index (χ2v) is 5.95. The van der Waals surface area contributed by atoms with Crippen LogP contribution in [0.4, 0.5) is 0 Å². The maximum Gasteiger partial charge on any atom is 0.222 e. The molecule has 0 aromatic rings. The Balaban J connectivity index is 1.81. The lowest BCUT2D eigenvalue weighted by Crippen LogP contribution is -2.37. The molecule has 0 radical (unpaired) electrons.